The van der Waals surface area contributed by atoms with Crippen molar-refractivity contribution in [2.45, 2.75) is 0 Å². The van der Waals surface area contributed by atoms with Crippen LogP contribution >= 0.6 is 11.6 Å². The van der Waals surface area contributed by atoms with E-state index < -0.39 is 20.4 Å². The molecule has 0 bridgehead atoms. The molecule has 29 heavy (non-hydrogen) atoms. The van der Waals surface area contributed by atoms with Crippen LogP contribution in [0.25, 0.3) is 0 Å². The van der Waals surface area contributed by atoms with Gasteiger partial charge in [0.05, 0.1) is 0 Å². The van der Waals surface area contributed by atoms with Crippen LogP contribution in [-0.4, -0.2) is 30.4 Å². The SMILES string of the molecule is OB(O)c1cc(Cl)c[c]([Ge]([c]2ccccc2)([c]2ccccc2)[c]2ccccc2)c1. The van der Waals surface area contributed by atoms with Gasteiger partial charge < -0.3 is 0 Å². The maximum atomic E-state index is 9.87. The molecule has 0 aliphatic rings. The van der Waals surface area contributed by atoms with Crippen molar-refractivity contribution in [2.75, 3.05) is 0 Å². The zero-order chi connectivity index (χ0) is 20.3. The summed E-state index contributed by atoms with van der Waals surface area (Å²) in [6, 6.07) is 37.0. The maximum absolute atomic E-state index is 9.87. The van der Waals surface area contributed by atoms with Gasteiger partial charge in [-0.05, 0) is 0 Å². The number of benzene rings is 4. The number of rotatable bonds is 5. The van der Waals surface area contributed by atoms with E-state index in [1.165, 1.54) is 13.2 Å². The van der Waals surface area contributed by atoms with Crippen molar-refractivity contribution in [1.82, 2.24) is 0 Å². The Balaban J connectivity index is 2.15. The molecule has 2 N–H and O–H groups in total. The predicted octanol–water partition coefficient (Wildman–Crippen LogP) is 1.40. The molecule has 0 radical (unpaired) electrons. The normalized spacial score (nSPS) is 11.3. The van der Waals surface area contributed by atoms with E-state index in [2.05, 4.69) is 72.8 Å². The first-order valence-corrected chi connectivity index (χ1v) is 14.0. The number of hydrogen-bond donors (Lipinski definition) is 2. The summed E-state index contributed by atoms with van der Waals surface area (Å²) in [7, 11) is -1.57. The van der Waals surface area contributed by atoms with Gasteiger partial charge in [-0.15, -0.1) is 0 Å². The first kappa shape index (κ1) is 20.0. The number of halogens is 1. The topological polar surface area (TPSA) is 40.5 Å². The average molecular weight is 459 g/mol. The Hall–Kier alpha value is -2.30. The minimum absolute atomic E-state index is 0.408. The van der Waals surface area contributed by atoms with E-state index >= 15 is 0 Å². The molecule has 0 aromatic heterocycles. The Bertz CT molecular complexity index is 993. The van der Waals surface area contributed by atoms with Crippen LogP contribution in [0, 0.1) is 0 Å². The summed E-state index contributed by atoms with van der Waals surface area (Å²) in [4.78, 5) is 0. The van der Waals surface area contributed by atoms with Crippen molar-refractivity contribution in [3.05, 3.63) is 114 Å². The molecule has 0 aliphatic heterocycles. The summed E-state index contributed by atoms with van der Waals surface area (Å²) < 4.78 is 4.82. The van der Waals surface area contributed by atoms with Gasteiger partial charge in [-0.3, -0.25) is 0 Å². The van der Waals surface area contributed by atoms with Gasteiger partial charge in [0.1, 0.15) is 0 Å². The van der Waals surface area contributed by atoms with Gasteiger partial charge in [-0.1, -0.05) is 0 Å². The summed E-state index contributed by atoms with van der Waals surface area (Å²) >= 11 is 3.04. The Labute approximate surface area is 178 Å². The van der Waals surface area contributed by atoms with Crippen LogP contribution in [-0.2, 0) is 0 Å². The second-order valence-corrected chi connectivity index (χ2v) is 15.4. The van der Waals surface area contributed by atoms with Crippen LogP contribution in [0.15, 0.2) is 109 Å². The van der Waals surface area contributed by atoms with Crippen molar-refractivity contribution < 1.29 is 10.0 Å². The van der Waals surface area contributed by atoms with Crippen molar-refractivity contribution in [2.24, 2.45) is 0 Å². The van der Waals surface area contributed by atoms with Crippen LogP contribution in [0.3, 0.4) is 0 Å². The van der Waals surface area contributed by atoms with Crippen molar-refractivity contribution in [3.63, 3.8) is 0 Å². The van der Waals surface area contributed by atoms with Gasteiger partial charge >= 0.3 is 179 Å². The third-order valence-corrected chi connectivity index (χ3v) is 15.5. The molecule has 0 atom stereocenters. The molecular formula is C24H20BClGeO2. The summed E-state index contributed by atoms with van der Waals surface area (Å²) in [5.74, 6) is 0. The zero-order valence-electron chi connectivity index (χ0n) is 15.7. The molecule has 0 spiro atoms. The van der Waals surface area contributed by atoms with Gasteiger partial charge in [0, 0.05) is 0 Å². The van der Waals surface area contributed by atoms with Gasteiger partial charge in [0.15, 0.2) is 0 Å². The molecule has 0 saturated heterocycles. The van der Waals surface area contributed by atoms with Gasteiger partial charge in [0.25, 0.3) is 0 Å². The second kappa shape index (κ2) is 8.60. The van der Waals surface area contributed by atoms with E-state index in [-0.39, 0.29) is 0 Å². The fourth-order valence-electron chi connectivity index (χ4n) is 4.04. The zero-order valence-corrected chi connectivity index (χ0v) is 18.6. The molecule has 4 rings (SSSR count). The quantitative estimate of drug-likeness (QED) is 0.444. The predicted molar refractivity (Wildman–Crippen MR) is 125 cm³/mol. The van der Waals surface area contributed by atoms with E-state index in [9.17, 15) is 10.0 Å². The van der Waals surface area contributed by atoms with E-state index in [1.807, 2.05) is 30.3 Å². The van der Waals surface area contributed by atoms with E-state index in [1.54, 1.807) is 6.07 Å². The van der Waals surface area contributed by atoms with Crippen LogP contribution in [0.2, 0.25) is 5.02 Å². The third kappa shape index (κ3) is 3.79. The summed E-state index contributed by atoms with van der Waals surface area (Å²) in [6.07, 6.45) is 0. The van der Waals surface area contributed by atoms with Crippen LogP contribution < -0.4 is 23.0 Å². The molecule has 4 aromatic rings. The van der Waals surface area contributed by atoms with Gasteiger partial charge in [-0.25, -0.2) is 0 Å². The molecule has 0 saturated carbocycles. The monoisotopic (exact) mass is 460 g/mol. The van der Waals surface area contributed by atoms with Gasteiger partial charge in [-0.2, -0.15) is 0 Å². The molecule has 0 aliphatic carbocycles. The molecule has 5 heteroatoms. The Morgan fingerprint density at radius 2 is 0.966 bits per heavy atom. The third-order valence-electron chi connectivity index (χ3n) is 5.27. The average Bonchev–Trinajstić information content (AvgIpc) is 2.76. The Morgan fingerprint density at radius 1 is 0.552 bits per heavy atom. The Morgan fingerprint density at radius 3 is 1.34 bits per heavy atom. The second-order valence-electron chi connectivity index (χ2n) is 6.99. The standard InChI is InChI=1S/C24H20BClGeO2/c26-20-16-19(25(28)29)17-24(18-20)27(21-10-4-1-5-11-21,22-12-6-2-7-13-22)23-14-8-3-9-15-23/h1-18,28-29H. The molecule has 0 amide bonds. The molecule has 142 valence electrons. The van der Waals surface area contributed by atoms with Crippen LogP contribution in [0.4, 0.5) is 0 Å². The molecule has 0 unspecified atom stereocenters. The van der Waals surface area contributed by atoms with Crippen LogP contribution in [0.5, 0.6) is 0 Å². The molecule has 2 nitrogen and oxygen atoms in total. The summed E-state index contributed by atoms with van der Waals surface area (Å²) in [5.41, 5.74) is 0.408. The Kier molecular flexibility index (Phi) is 5.93. The molecule has 0 heterocycles. The molecule has 4 aromatic carbocycles. The van der Waals surface area contributed by atoms with E-state index in [0.717, 1.165) is 4.40 Å². The summed E-state index contributed by atoms with van der Waals surface area (Å²) in [5, 5.41) is 20.2. The first-order chi connectivity index (χ1) is 14.1. The fraction of sp³-hybridized carbons (Fsp3) is 0. The first-order valence-electron chi connectivity index (χ1n) is 9.46. The van der Waals surface area contributed by atoms with E-state index in [0.29, 0.717) is 10.5 Å². The molecular weight excluding hydrogens is 439 g/mol. The minimum atomic E-state index is -3.43. The van der Waals surface area contributed by atoms with Crippen molar-refractivity contribution in [3.8, 4) is 0 Å². The van der Waals surface area contributed by atoms with E-state index in [4.69, 9.17) is 11.6 Å². The van der Waals surface area contributed by atoms with Gasteiger partial charge in [0.2, 0.25) is 0 Å². The van der Waals surface area contributed by atoms with Crippen LogP contribution in [0.1, 0.15) is 0 Å². The van der Waals surface area contributed by atoms with Crippen molar-refractivity contribution >= 4 is 55.0 Å². The fourth-order valence-corrected chi connectivity index (χ4v) is 14.6. The van der Waals surface area contributed by atoms with Crippen molar-refractivity contribution in [1.29, 1.82) is 0 Å². The summed E-state index contributed by atoms with van der Waals surface area (Å²) in [6.45, 7) is 0. The molecule has 0 fully saturated rings. The number of hydrogen-bond acceptors (Lipinski definition) is 2.